The second-order valence-electron chi connectivity index (χ2n) is 4.61. The number of rotatable bonds is 9. The maximum absolute atomic E-state index is 12.3. The van der Waals surface area contributed by atoms with Crippen molar-refractivity contribution in [3.8, 4) is 11.5 Å². The molecule has 1 unspecified atom stereocenters. The highest BCUT2D eigenvalue weighted by atomic mass is 16.5. The lowest BCUT2D eigenvalue weighted by Crippen LogP contribution is -2.40. The van der Waals surface area contributed by atoms with E-state index in [2.05, 4.69) is 11.9 Å². The smallest absolute Gasteiger partial charge is 0.326 e. The summed E-state index contributed by atoms with van der Waals surface area (Å²) < 4.78 is 10.5. The third-order valence-electron chi connectivity index (χ3n) is 2.97. The molecule has 0 aromatic heterocycles. The van der Waals surface area contributed by atoms with Gasteiger partial charge in [-0.05, 0) is 18.6 Å². The molecule has 120 valence electrons. The Kier molecular flexibility index (Phi) is 6.95. The Bertz CT molecular complexity index is 541. The van der Waals surface area contributed by atoms with E-state index in [0.717, 1.165) is 0 Å². The van der Waals surface area contributed by atoms with Gasteiger partial charge in [-0.15, -0.1) is 0 Å². The summed E-state index contributed by atoms with van der Waals surface area (Å²) in [5.74, 6) is -0.698. The van der Waals surface area contributed by atoms with Crippen LogP contribution < -0.4 is 14.8 Å². The molecule has 0 bridgehead atoms. The van der Waals surface area contributed by atoms with Crippen LogP contribution in [0.3, 0.4) is 0 Å². The number of carboxylic acids is 1. The van der Waals surface area contributed by atoms with E-state index in [1.54, 1.807) is 18.2 Å². The number of carboxylic acid groups (broad SMARTS) is 1. The van der Waals surface area contributed by atoms with Gasteiger partial charge in [-0.25, -0.2) is 4.79 Å². The Labute approximate surface area is 129 Å². The molecule has 0 saturated heterocycles. The van der Waals surface area contributed by atoms with Crippen LogP contribution in [0.4, 0.5) is 0 Å². The van der Waals surface area contributed by atoms with Gasteiger partial charge in [-0.1, -0.05) is 26.0 Å². The third kappa shape index (κ3) is 4.80. The van der Waals surface area contributed by atoms with E-state index >= 15 is 0 Å². The SMILES string of the molecule is C=CCOc1cc(OC)ccc1C(=O)NC(CCC)C(=O)O. The van der Waals surface area contributed by atoms with Crippen molar-refractivity contribution in [2.24, 2.45) is 0 Å². The van der Waals surface area contributed by atoms with Crippen LogP contribution in [0.25, 0.3) is 0 Å². The summed E-state index contributed by atoms with van der Waals surface area (Å²) in [5, 5.41) is 11.6. The molecule has 0 aliphatic carbocycles. The summed E-state index contributed by atoms with van der Waals surface area (Å²) in [5.41, 5.74) is 0.255. The summed E-state index contributed by atoms with van der Waals surface area (Å²) in [6, 6.07) is 3.81. The normalized spacial score (nSPS) is 11.4. The molecule has 1 aromatic carbocycles. The molecular weight excluding hydrogens is 286 g/mol. The zero-order valence-electron chi connectivity index (χ0n) is 12.8. The van der Waals surface area contributed by atoms with Crippen LogP contribution in [-0.2, 0) is 4.79 Å². The molecule has 0 aliphatic rings. The molecule has 0 saturated carbocycles. The fourth-order valence-corrected chi connectivity index (χ4v) is 1.87. The number of aliphatic carboxylic acids is 1. The Hall–Kier alpha value is -2.50. The summed E-state index contributed by atoms with van der Waals surface area (Å²) in [6.45, 7) is 5.64. The quantitative estimate of drug-likeness (QED) is 0.683. The van der Waals surface area contributed by atoms with Crippen molar-refractivity contribution >= 4 is 11.9 Å². The number of carbonyl (C=O) groups is 2. The van der Waals surface area contributed by atoms with Gasteiger partial charge in [-0.3, -0.25) is 4.79 Å². The molecular formula is C16H21NO5. The van der Waals surface area contributed by atoms with Crippen LogP contribution in [0.15, 0.2) is 30.9 Å². The number of methoxy groups -OCH3 is 1. The second-order valence-corrected chi connectivity index (χ2v) is 4.61. The number of carbonyl (C=O) groups excluding carboxylic acids is 1. The maximum atomic E-state index is 12.3. The molecule has 1 rings (SSSR count). The van der Waals surface area contributed by atoms with Crippen molar-refractivity contribution in [2.45, 2.75) is 25.8 Å². The van der Waals surface area contributed by atoms with Gasteiger partial charge in [0.2, 0.25) is 0 Å². The fourth-order valence-electron chi connectivity index (χ4n) is 1.87. The summed E-state index contributed by atoms with van der Waals surface area (Å²) in [6.07, 6.45) is 2.57. The topological polar surface area (TPSA) is 84.9 Å². The van der Waals surface area contributed by atoms with Gasteiger partial charge in [0.15, 0.2) is 0 Å². The number of amides is 1. The minimum Gasteiger partial charge on any atom is -0.497 e. The molecule has 6 heteroatoms. The first-order valence-electron chi connectivity index (χ1n) is 6.98. The van der Waals surface area contributed by atoms with Gasteiger partial charge < -0.3 is 19.9 Å². The minimum atomic E-state index is -1.06. The average molecular weight is 307 g/mol. The van der Waals surface area contributed by atoms with E-state index in [0.29, 0.717) is 24.3 Å². The highest BCUT2D eigenvalue weighted by Gasteiger charge is 2.22. The first-order valence-corrected chi connectivity index (χ1v) is 6.98. The van der Waals surface area contributed by atoms with E-state index < -0.39 is 17.9 Å². The Balaban J connectivity index is 2.99. The molecule has 0 radical (unpaired) electrons. The van der Waals surface area contributed by atoms with Crippen LogP contribution in [0.1, 0.15) is 30.1 Å². The van der Waals surface area contributed by atoms with Crippen molar-refractivity contribution in [1.82, 2.24) is 5.32 Å². The van der Waals surface area contributed by atoms with Crippen molar-refractivity contribution < 1.29 is 24.2 Å². The first kappa shape index (κ1) is 17.6. The molecule has 6 nitrogen and oxygen atoms in total. The fraction of sp³-hybridized carbons (Fsp3) is 0.375. The number of benzene rings is 1. The molecule has 0 spiro atoms. The van der Waals surface area contributed by atoms with E-state index in [4.69, 9.17) is 14.6 Å². The Morgan fingerprint density at radius 1 is 1.45 bits per heavy atom. The lowest BCUT2D eigenvalue weighted by atomic mass is 10.1. The third-order valence-corrected chi connectivity index (χ3v) is 2.97. The van der Waals surface area contributed by atoms with Crippen molar-refractivity contribution in [3.63, 3.8) is 0 Å². The Morgan fingerprint density at radius 2 is 2.18 bits per heavy atom. The van der Waals surface area contributed by atoms with Gasteiger partial charge in [0.1, 0.15) is 24.1 Å². The number of ether oxygens (including phenoxy) is 2. The van der Waals surface area contributed by atoms with Crippen LogP contribution in [0.2, 0.25) is 0 Å². The molecule has 0 heterocycles. The van der Waals surface area contributed by atoms with Crippen LogP contribution in [0, 0.1) is 0 Å². The highest BCUT2D eigenvalue weighted by Crippen LogP contribution is 2.25. The highest BCUT2D eigenvalue weighted by molar-refractivity contribution is 5.99. The molecule has 2 N–H and O–H groups in total. The summed E-state index contributed by atoms with van der Waals surface area (Å²) >= 11 is 0. The minimum absolute atomic E-state index is 0.227. The van der Waals surface area contributed by atoms with E-state index in [9.17, 15) is 9.59 Å². The lowest BCUT2D eigenvalue weighted by molar-refractivity contribution is -0.139. The summed E-state index contributed by atoms with van der Waals surface area (Å²) in [7, 11) is 1.51. The lowest BCUT2D eigenvalue weighted by Gasteiger charge is -2.16. The number of hydrogen-bond donors (Lipinski definition) is 2. The van der Waals surface area contributed by atoms with Crippen LogP contribution >= 0.6 is 0 Å². The van der Waals surface area contributed by atoms with Crippen LogP contribution in [0.5, 0.6) is 11.5 Å². The number of hydrogen-bond acceptors (Lipinski definition) is 4. The van der Waals surface area contributed by atoms with Crippen molar-refractivity contribution in [2.75, 3.05) is 13.7 Å². The predicted octanol–water partition coefficient (Wildman–Crippen LogP) is 2.24. The monoisotopic (exact) mass is 307 g/mol. The van der Waals surface area contributed by atoms with Gasteiger partial charge in [0.05, 0.1) is 12.7 Å². The van der Waals surface area contributed by atoms with Gasteiger partial charge in [-0.2, -0.15) is 0 Å². The van der Waals surface area contributed by atoms with Gasteiger partial charge >= 0.3 is 5.97 Å². The first-order chi connectivity index (χ1) is 10.5. The standard InChI is InChI=1S/C16H21NO5/c1-4-6-13(16(19)20)17-15(18)12-8-7-11(21-3)10-14(12)22-9-5-2/h5,7-8,10,13H,2,4,6,9H2,1,3H3,(H,17,18)(H,19,20). The maximum Gasteiger partial charge on any atom is 0.326 e. The number of nitrogens with one attached hydrogen (secondary N) is 1. The zero-order chi connectivity index (χ0) is 16.5. The Morgan fingerprint density at radius 3 is 2.73 bits per heavy atom. The van der Waals surface area contributed by atoms with Crippen LogP contribution in [-0.4, -0.2) is 36.7 Å². The zero-order valence-corrected chi connectivity index (χ0v) is 12.8. The second kappa shape index (κ2) is 8.71. The molecule has 1 atom stereocenters. The molecule has 1 amide bonds. The van der Waals surface area contributed by atoms with Gasteiger partial charge in [0.25, 0.3) is 5.91 Å². The molecule has 0 aliphatic heterocycles. The van der Waals surface area contributed by atoms with Crippen molar-refractivity contribution in [1.29, 1.82) is 0 Å². The van der Waals surface area contributed by atoms with E-state index in [-0.39, 0.29) is 12.2 Å². The summed E-state index contributed by atoms with van der Waals surface area (Å²) in [4.78, 5) is 23.4. The molecule has 22 heavy (non-hydrogen) atoms. The molecule has 1 aromatic rings. The van der Waals surface area contributed by atoms with Gasteiger partial charge in [0, 0.05) is 6.07 Å². The van der Waals surface area contributed by atoms with E-state index in [1.165, 1.54) is 13.2 Å². The molecule has 0 fully saturated rings. The van der Waals surface area contributed by atoms with Crippen molar-refractivity contribution in [3.05, 3.63) is 36.4 Å². The average Bonchev–Trinajstić information content (AvgIpc) is 2.51. The van der Waals surface area contributed by atoms with E-state index in [1.807, 2.05) is 6.92 Å². The largest absolute Gasteiger partial charge is 0.497 e. The predicted molar refractivity (Wildman–Crippen MR) is 82.5 cm³/mol.